The molecule has 1 rings (SSSR count). The van der Waals surface area contributed by atoms with E-state index in [4.69, 9.17) is 0 Å². The van der Waals surface area contributed by atoms with Gasteiger partial charge in [0.2, 0.25) is 0 Å². The van der Waals surface area contributed by atoms with Crippen LogP contribution in [0.3, 0.4) is 0 Å². The molecule has 0 aromatic heterocycles. The van der Waals surface area contributed by atoms with Gasteiger partial charge in [-0.3, -0.25) is 4.79 Å². The van der Waals surface area contributed by atoms with E-state index in [2.05, 4.69) is 47.9 Å². The van der Waals surface area contributed by atoms with Gasteiger partial charge in [-0.05, 0) is 38.9 Å². The van der Waals surface area contributed by atoms with Crippen molar-refractivity contribution in [1.29, 1.82) is 0 Å². The summed E-state index contributed by atoms with van der Waals surface area (Å²) in [6.45, 7) is 4.06. The summed E-state index contributed by atoms with van der Waals surface area (Å²) >= 11 is 0. The average Bonchev–Trinajstić information content (AvgIpc) is 2.36. The average molecular weight is 249 g/mol. The maximum Gasteiger partial charge on any atom is 0.305 e. The van der Waals surface area contributed by atoms with Crippen LogP contribution in [0.1, 0.15) is 24.0 Å². The molecule has 0 aliphatic rings. The summed E-state index contributed by atoms with van der Waals surface area (Å²) < 4.78 is 4.62. The fraction of sp³-hybridized carbons (Fsp3) is 0.533. The van der Waals surface area contributed by atoms with Crippen LogP contribution in [-0.4, -0.2) is 38.1 Å². The van der Waals surface area contributed by atoms with Crippen LogP contribution in [0.2, 0.25) is 0 Å². The topological polar surface area (TPSA) is 29.5 Å². The van der Waals surface area contributed by atoms with Crippen LogP contribution < -0.4 is 0 Å². The van der Waals surface area contributed by atoms with E-state index in [1.54, 1.807) is 0 Å². The molecular formula is C15H23NO2. The molecule has 0 unspecified atom stereocenters. The van der Waals surface area contributed by atoms with E-state index in [1.807, 2.05) is 0 Å². The van der Waals surface area contributed by atoms with Crippen molar-refractivity contribution in [3.63, 3.8) is 0 Å². The van der Waals surface area contributed by atoms with Gasteiger partial charge in [0, 0.05) is 13.0 Å². The van der Waals surface area contributed by atoms with Gasteiger partial charge in [-0.2, -0.15) is 0 Å². The van der Waals surface area contributed by atoms with Gasteiger partial charge >= 0.3 is 5.97 Å². The van der Waals surface area contributed by atoms with Gasteiger partial charge in [-0.15, -0.1) is 0 Å². The number of nitrogens with zero attached hydrogens (tertiary/aromatic N) is 1. The van der Waals surface area contributed by atoms with Crippen molar-refractivity contribution in [3.8, 4) is 0 Å². The van der Waals surface area contributed by atoms with E-state index in [0.29, 0.717) is 6.42 Å². The molecule has 3 nitrogen and oxygen atoms in total. The van der Waals surface area contributed by atoms with Crippen LogP contribution in [0.4, 0.5) is 0 Å². The molecule has 0 saturated carbocycles. The SMILES string of the molecule is COC(=O)CCCN(C)CCc1cccc(C)c1. The zero-order chi connectivity index (χ0) is 13.4. The monoisotopic (exact) mass is 249 g/mol. The number of likely N-dealkylation sites (N-methyl/N-ethyl adjacent to an activating group) is 1. The standard InChI is InChI=1S/C15H23NO2/c1-13-6-4-7-14(12-13)9-11-16(2)10-5-8-15(17)18-3/h4,6-7,12H,5,8-11H2,1-3H3. The van der Waals surface area contributed by atoms with Crippen LogP contribution in [0.5, 0.6) is 0 Å². The Kier molecular flexibility index (Phi) is 6.44. The fourth-order valence-electron chi connectivity index (χ4n) is 1.89. The summed E-state index contributed by atoms with van der Waals surface area (Å²) in [6, 6.07) is 8.60. The number of methoxy groups -OCH3 is 1. The maximum atomic E-state index is 11.0. The van der Waals surface area contributed by atoms with Crippen LogP contribution in [0.25, 0.3) is 0 Å². The minimum atomic E-state index is -0.123. The molecule has 3 heteroatoms. The largest absolute Gasteiger partial charge is 0.469 e. The molecule has 0 amide bonds. The molecule has 18 heavy (non-hydrogen) atoms. The van der Waals surface area contributed by atoms with Crippen LogP contribution in [0.15, 0.2) is 24.3 Å². The summed E-state index contributed by atoms with van der Waals surface area (Å²) in [7, 11) is 3.52. The van der Waals surface area contributed by atoms with Crippen molar-refractivity contribution in [2.75, 3.05) is 27.2 Å². The van der Waals surface area contributed by atoms with E-state index in [0.717, 1.165) is 25.9 Å². The lowest BCUT2D eigenvalue weighted by Crippen LogP contribution is -2.23. The summed E-state index contributed by atoms with van der Waals surface area (Å²) in [5.41, 5.74) is 2.68. The Morgan fingerprint density at radius 1 is 1.33 bits per heavy atom. The number of hydrogen-bond acceptors (Lipinski definition) is 3. The maximum absolute atomic E-state index is 11.0. The number of carbonyl (C=O) groups is 1. The number of aryl methyl sites for hydroxylation is 1. The van der Waals surface area contributed by atoms with Gasteiger partial charge in [0.05, 0.1) is 7.11 Å². The minimum Gasteiger partial charge on any atom is -0.469 e. The van der Waals surface area contributed by atoms with E-state index >= 15 is 0 Å². The van der Waals surface area contributed by atoms with E-state index < -0.39 is 0 Å². The minimum absolute atomic E-state index is 0.123. The third kappa shape index (κ3) is 5.82. The van der Waals surface area contributed by atoms with Crippen LogP contribution in [-0.2, 0) is 16.0 Å². The normalized spacial score (nSPS) is 10.7. The summed E-state index contributed by atoms with van der Waals surface area (Å²) in [4.78, 5) is 13.2. The Balaban J connectivity index is 2.20. The molecule has 0 aliphatic heterocycles. The third-order valence-electron chi connectivity index (χ3n) is 3.01. The lowest BCUT2D eigenvalue weighted by atomic mass is 10.1. The molecule has 0 aliphatic carbocycles. The number of rotatable bonds is 7. The van der Waals surface area contributed by atoms with Crippen molar-refractivity contribution in [1.82, 2.24) is 4.90 Å². The van der Waals surface area contributed by atoms with Crippen molar-refractivity contribution >= 4 is 5.97 Å². The second kappa shape index (κ2) is 7.88. The lowest BCUT2D eigenvalue weighted by molar-refractivity contribution is -0.140. The van der Waals surface area contributed by atoms with E-state index in [1.165, 1.54) is 18.2 Å². The van der Waals surface area contributed by atoms with Crippen molar-refractivity contribution < 1.29 is 9.53 Å². The van der Waals surface area contributed by atoms with E-state index in [-0.39, 0.29) is 5.97 Å². The van der Waals surface area contributed by atoms with Crippen LogP contribution in [0, 0.1) is 6.92 Å². The molecule has 0 spiro atoms. The smallest absolute Gasteiger partial charge is 0.305 e. The number of carbonyl (C=O) groups excluding carboxylic acids is 1. The van der Waals surface area contributed by atoms with Gasteiger partial charge in [0.15, 0.2) is 0 Å². The van der Waals surface area contributed by atoms with Crippen LogP contribution >= 0.6 is 0 Å². The summed E-state index contributed by atoms with van der Waals surface area (Å²) in [5, 5.41) is 0. The van der Waals surface area contributed by atoms with Gasteiger partial charge in [0.25, 0.3) is 0 Å². The zero-order valence-corrected chi connectivity index (χ0v) is 11.6. The number of esters is 1. The first-order chi connectivity index (χ1) is 8.61. The van der Waals surface area contributed by atoms with E-state index in [9.17, 15) is 4.79 Å². The predicted molar refractivity (Wildman–Crippen MR) is 73.6 cm³/mol. The second-order valence-corrected chi connectivity index (χ2v) is 4.72. The molecule has 0 bridgehead atoms. The number of ether oxygens (including phenoxy) is 1. The highest BCUT2D eigenvalue weighted by molar-refractivity contribution is 5.69. The molecule has 1 aromatic carbocycles. The Morgan fingerprint density at radius 3 is 2.78 bits per heavy atom. The Labute approximate surface area is 110 Å². The Bertz CT molecular complexity index is 377. The number of benzene rings is 1. The highest BCUT2D eigenvalue weighted by Gasteiger charge is 2.03. The third-order valence-corrected chi connectivity index (χ3v) is 3.01. The molecule has 0 N–H and O–H groups in total. The molecular weight excluding hydrogens is 226 g/mol. The summed E-state index contributed by atoms with van der Waals surface area (Å²) in [5.74, 6) is -0.123. The molecule has 0 fully saturated rings. The Morgan fingerprint density at radius 2 is 2.11 bits per heavy atom. The first-order valence-electron chi connectivity index (χ1n) is 6.42. The highest BCUT2D eigenvalue weighted by Crippen LogP contribution is 2.05. The van der Waals surface area contributed by atoms with Gasteiger partial charge in [-0.25, -0.2) is 0 Å². The first-order valence-corrected chi connectivity index (χ1v) is 6.42. The molecule has 0 heterocycles. The first kappa shape index (κ1) is 14.7. The van der Waals surface area contributed by atoms with Crippen molar-refractivity contribution in [3.05, 3.63) is 35.4 Å². The Hall–Kier alpha value is -1.35. The molecule has 0 atom stereocenters. The predicted octanol–water partition coefficient (Wildman–Crippen LogP) is 2.42. The van der Waals surface area contributed by atoms with Gasteiger partial charge in [-0.1, -0.05) is 29.8 Å². The molecule has 100 valence electrons. The van der Waals surface area contributed by atoms with Gasteiger partial charge < -0.3 is 9.64 Å². The number of hydrogen-bond donors (Lipinski definition) is 0. The quantitative estimate of drug-likeness (QED) is 0.695. The molecule has 1 aromatic rings. The lowest BCUT2D eigenvalue weighted by Gasteiger charge is -2.16. The molecule has 0 saturated heterocycles. The van der Waals surface area contributed by atoms with Crippen molar-refractivity contribution in [2.24, 2.45) is 0 Å². The fourth-order valence-corrected chi connectivity index (χ4v) is 1.89. The zero-order valence-electron chi connectivity index (χ0n) is 11.6. The summed E-state index contributed by atoms with van der Waals surface area (Å²) in [6.07, 6.45) is 2.42. The second-order valence-electron chi connectivity index (χ2n) is 4.72. The highest BCUT2D eigenvalue weighted by atomic mass is 16.5. The molecule has 0 radical (unpaired) electrons. The van der Waals surface area contributed by atoms with Gasteiger partial charge in [0.1, 0.15) is 0 Å². The van der Waals surface area contributed by atoms with Crippen molar-refractivity contribution in [2.45, 2.75) is 26.2 Å².